The number of aliphatic hydroxyl groups excluding tert-OH is 1. The summed E-state index contributed by atoms with van der Waals surface area (Å²) in [7, 11) is 0. The van der Waals surface area contributed by atoms with Crippen molar-refractivity contribution >= 4 is 16.7 Å². The number of ether oxygens (including phenoxy) is 1. The van der Waals surface area contributed by atoms with Gasteiger partial charge in [-0.15, -0.1) is 0 Å². The van der Waals surface area contributed by atoms with Crippen molar-refractivity contribution in [2.75, 3.05) is 26.3 Å². The molecular weight excluding hydrogens is 340 g/mol. The van der Waals surface area contributed by atoms with Crippen LogP contribution in [0.1, 0.15) is 27.5 Å². The number of ketones is 1. The molecule has 0 bridgehead atoms. The van der Waals surface area contributed by atoms with Gasteiger partial charge in [-0.2, -0.15) is 0 Å². The van der Waals surface area contributed by atoms with Crippen LogP contribution >= 0.6 is 0 Å². The van der Waals surface area contributed by atoms with Crippen molar-refractivity contribution in [3.05, 3.63) is 71.4 Å². The number of carbonyl (C=O) groups excluding carboxylic acids is 1. The molecule has 5 heteroatoms. The molecule has 1 aliphatic rings. The number of aromatic nitrogens is 1. The van der Waals surface area contributed by atoms with Gasteiger partial charge in [-0.25, -0.2) is 0 Å². The fourth-order valence-electron chi connectivity index (χ4n) is 3.79. The molecule has 1 aliphatic heterocycles. The molecular formula is C22H24N2O3. The number of Topliss-reactive ketones (excluding diaryl/α,β-unsaturated/α-hetero) is 1. The summed E-state index contributed by atoms with van der Waals surface area (Å²) in [6.07, 6.45) is 0.548. The van der Waals surface area contributed by atoms with E-state index in [2.05, 4.69) is 9.88 Å². The summed E-state index contributed by atoms with van der Waals surface area (Å²) in [5.41, 5.74) is 3.52. The minimum atomic E-state index is -1.15. The lowest BCUT2D eigenvalue weighted by atomic mass is 9.92. The van der Waals surface area contributed by atoms with Crippen molar-refractivity contribution in [1.82, 2.24) is 9.88 Å². The minimum absolute atomic E-state index is 0.260. The van der Waals surface area contributed by atoms with E-state index in [1.807, 2.05) is 55.5 Å². The Hall–Kier alpha value is -2.47. The van der Waals surface area contributed by atoms with Gasteiger partial charge in [0.15, 0.2) is 5.78 Å². The largest absolute Gasteiger partial charge is 0.383 e. The van der Waals surface area contributed by atoms with Crippen molar-refractivity contribution in [1.29, 1.82) is 0 Å². The zero-order valence-corrected chi connectivity index (χ0v) is 15.4. The van der Waals surface area contributed by atoms with Crippen molar-refractivity contribution in [3.63, 3.8) is 0 Å². The Morgan fingerprint density at radius 2 is 1.81 bits per heavy atom. The van der Waals surface area contributed by atoms with Gasteiger partial charge >= 0.3 is 0 Å². The molecule has 0 saturated carbocycles. The summed E-state index contributed by atoms with van der Waals surface area (Å²) in [5.74, 6) is -0.260. The van der Waals surface area contributed by atoms with Crippen LogP contribution in [0.15, 0.2) is 54.7 Å². The Labute approximate surface area is 158 Å². The summed E-state index contributed by atoms with van der Waals surface area (Å²) in [5, 5.41) is 12.0. The average molecular weight is 364 g/mol. The van der Waals surface area contributed by atoms with E-state index in [0.29, 0.717) is 31.9 Å². The highest BCUT2D eigenvalue weighted by atomic mass is 16.5. The quantitative estimate of drug-likeness (QED) is 0.683. The normalized spacial score (nSPS) is 17.7. The molecule has 4 rings (SSSR count). The Kier molecular flexibility index (Phi) is 5.07. The van der Waals surface area contributed by atoms with E-state index in [9.17, 15) is 9.90 Å². The summed E-state index contributed by atoms with van der Waals surface area (Å²) >= 11 is 0. The predicted octanol–water partition coefficient (Wildman–Crippen LogP) is 3.09. The predicted molar refractivity (Wildman–Crippen MR) is 105 cm³/mol. The number of benzene rings is 2. The molecule has 5 nitrogen and oxygen atoms in total. The fraction of sp³-hybridized carbons (Fsp3) is 0.318. The Bertz CT molecular complexity index is 926. The van der Waals surface area contributed by atoms with E-state index in [4.69, 9.17) is 4.74 Å². The van der Waals surface area contributed by atoms with E-state index in [1.54, 1.807) is 6.20 Å². The number of para-hydroxylation sites is 1. The van der Waals surface area contributed by atoms with Crippen LogP contribution in [0, 0.1) is 6.92 Å². The molecule has 1 fully saturated rings. The number of rotatable bonds is 5. The number of fused-ring (bicyclic) bond motifs is 1. The molecule has 2 aromatic carbocycles. The Morgan fingerprint density at radius 1 is 1.11 bits per heavy atom. The van der Waals surface area contributed by atoms with Crippen LogP contribution in [0.4, 0.5) is 0 Å². The van der Waals surface area contributed by atoms with E-state index in [-0.39, 0.29) is 5.78 Å². The fourth-order valence-corrected chi connectivity index (χ4v) is 3.79. The third-order valence-corrected chi connectivity index (χ3v) is 5.28. The van der Waals surface area contributed by atoms with Crippen molar-refractivity contribution < 1.29 is 14.6 Å². The lowest BCUT2D eigenvalue weighted by Crippen LogP contribution is -2.46. The Morgan fingerprint density at radius 3 is 2.56 bits per heavy atom. The van der Waals surface area contributed by atoms with Gasteiger partial charge in [0, 0.05) is 35.8 Å². The Balaban J connectivity index is 1.69. The average Bonchev–Trinajstić information content (AvgIpc) is 3.14. The second-order valence-electron chi connectivity index (χ2n) is 7.06. The van der Waals surface area contributed by atoms with Crippen LogP contribution in [-0.4, -0.2) is 53.2 Å². The molecule has 27 heavy (non-hydrogen) atoms. The van der Waals surface area contributed by atoms with Crippen molar-refractivity contribution in [2.45, 2.75) is 19.1 Å². The van der Waals surface area contributed by atoms with Crippen LogP contribution in [0.5, 0.6) is 0 Å². The van der Waals surface area contributed by atoms with Crippen LogP contribution in [0.2, 0.25) is 0 Å². The monoisotopic (exact) mass is 364 g/mol. The highest BCUT2D eigenvalue weighted by Gasteiger charge is 2.34. The maximum atomic E-state index is 13.2. The van der Waals surface area contributed by atoms with Crippen molar-refractivity contribution in [2.24, 2.45) is 0 Å². The third kappa shape index (κ3) is 3.54. The molecule has 2 unspecified atom stereocenters. The first kappa shape index (κ1) is 17.9. The topological polar surface area (TPSA) is 65.6 Å². The first-order valence-electron chi connectivity index (χ1n) is 9.32. The zero-order chi connectivity index (χ0) is 18.8. The molecule has 0 amide bonds. The molecule has 0 radical (unpaired) electrons. The maximum Gasteiger partial charge on any atom is 0.195 e. The second-order valence-corrected chi connectivity index (χ2v) is 7.06. The SMILES string of the molecule is Cc1ccc(C(C(O)C(=O)c2c[nH]c3ccccc23)N2CCOCC2)cc1. The second kappa shape index (κ2) is 7.64. The number of hydrogen-bond acceptors (Lipinski definition) is 4. The highest BCUT2D eigenvalue weighted by Crippen LogP contribution is 2.29. The molecule has 2 heterocycles. The van der Waals surface area contributed by atoms with Gasteiger partial charge in [0.25, 0.3) is 0 Å². The molecule has 2 N–H and O–H groups in total. The number of morpholine rings is 1. The van der Waals surface area contributed by atoms with E-state index < -0.39 is 12.1 Å². The standard InChI is InChI=1S/C22H24N2O3/c1-15-6-8-16(9-7-15)20(24-10-12-27-13-11-24)22(26)21(25)18-14-23-19-5-3-2-4-17(18)19/h2-9,14,20,22-23,26H,10-13H2,1H3. The number of nitrogens with zero attached hydrogens (tertiary/aromatic N) is 1. The van der Waals surface area contributed by atoms with Gasteiger partial charge in [-0.3, -0.25) is 9.69 Å². The van der Waals surface area contributed by atoms with Gasteiger partial charge < -0.3 is 14.8 Å². The van der Waals surface area contributed by atoms with Gasteiger partial charge in [0.2, 0.25) is 0 Å². The smallest absolute Gasteiger partial charge is 0.195 e. The van der Waals surface area contributed by atoms with Crippen LogP contribution in [0.3, 0.4) is 0 Å². The molecule has 1 saturated heterocycles. The zero-order valence-electron chi connectivity index (χ0n) is 15.4. The molecule has 0 aliphatic carbocycles. The van der Waals surface area contributed by atoms with E-state index >= 15 is 0 Å². The molecule has 0 spiro atoms. The van der Waals surface area contributed by atoms with Gasteiger partial charge in [-0.1, -0.05) is 48.0 Å². The van der Waals surface area contributed by atoms with Crippen LogP contribution < -0.4 is 0 Å². The lowest BCUT2D eigenvalue weighted by molar-refractivity contribution is -0.0172. The van der Waals surface area contributed by atoms with Crippen LogP contribution in [0.25, 0.3) is 10.9 Å². The van der Waals surface area contributed by atoms with Crippen LogP contribution in [-0.2, 0) is 4.74 Å². The number of aryl methyl sites for hydroxylation is 1. The number of carbonyl (C=O) groups is 1. The van der Waals surface area contributed by atoms with Gasteiger partial charge in [-0.05, 0) is 18.6 Å². The lowest BCUT2D eigenvalue weighted by Gasteiger charge is -2.37. The number of aromatic amines is 1. The first-order valence-corrected chi connectivity index (χ1v) is 9.32. The summed E-state index contributed by atoms with van der Waals surface area (Å²) in [6, 6.07) is 15.3. The van der Waals surface area contributed by atoms with E-state index in [0.717, 1.165) is 22.0 Å². The highest BCUT2D eigenvalue weighted by molar-refractivity contribution is 6.10. The molecule has 2 atom stereocenters. The number of aliphatic hydroxyl groups is 1. The molecule has 140 valence electrons. The van der Waals surface area contributed by atoms with Crippen molar-refractivity contribution in [3.8, 4) is 0 Å². The van der Waals surface area contributed by atoms with E-state index in [1.165, 1.54) is 0 Å². The van der Waals surface area contributed by atoms with Gasteiger partial charge in [0.1, 0.15) is 6.10 Å². The molecule has 3 aromatic rings. The number of H-pyrrole nitrogens is 1. The first-order chi connectivity index (χ1) is 13.1. The minimum Gasteiger partial charge on any atom is -0.383 e. The summed E-state index contributed by atoms with van der Waals surface area (Å²) < 4.78 is 5.46. The third-order valence-electron chi connectivity index (χ3n) is 5.28. The van der Waals surface area contributed by atoms with Gasteiger partial charge in [0.05, 0.1) is 19.3 Å². The summed E-state index contributed by atoms with van der Waals surface area (Å²) in [4.78, 5) is 18.5. The number of hydrogen-bond donors (Lipinski definition) is 2. The number of nitrogens with one attached hydrogen (secondary N) is 1. The maximum absolute atomic E-state index is 13.2. The molecule has 1 aromatic heterocycles. The summed E-state index contributed by atoms with van der Waals surface area (Å²) in [6.45, 7) is 4.63.